The number of methoxy groups -OCH3 is 2. The van der Waals surface area contributed by atoms with Crippen LogP contribution in [0, 0.1) is 33.5 Å². The number of aromatic nitrogens is 2. The molecule has 2 heterocycles. The number of aliphatic carboxylic acids is 3. The van der Waals surface area contributed by atoms with Gasteiger partial charge < -0.3 is 42.0 Å². The fourth-order valence-electron chi connectivity index (χ4n) is 3.48. The Morgan fingerprint density at radius 2 is 1.15 bits per heavy atom. The molecule has 0 spiro atoms. The van der Waals surface area contributed by atoms with Gasteiger partial charge in [0.15, 0.2) is 10.3 Å². The van der Waals surface area contributed by atoms with Crippen molar-refractivity contribution in [2.45, 2.75) is 7.43 Å². The van der Waals surface area contributed by atoms with E-state index in [-0.39, 0.29) is 17.4 Å². The number of hydrogen-bond acceptors (Lipinski definition) is 17. The highest BCUT2D eigenvalue weighted by molar-refractivity contribution is 7.17. The van der Waals surface area contributed by atoms with Crippen LogP contribution in [-0.2, 0) is 19.2 Å². The number of nitrogens with zero attached hydrogens (tertiary/aromatic N) is 4. The van der Waals surface area contributed by atoms with Crippen molar-refractivity contribution in [3.63, 3.8) is 0 Å². The topological polar surface area (TPSA) is 359 Å². The second-order valence-corrected chi connectivity index (χ2v) is 11.5. The van der Waals surface area contributed by atoms with E-state index in [2.05, 4.69) is 21.4 Å². The van der Waals surface area contributed by atoms with E-state index in [0.29, 0.717) is 38.8 Å². The van der Waals surface area contributed by atoms with Crippen molar-refractivity contribution in [2.24, 2.45) is 11.5 Å². The highest BCUT2D eigenvalue weighted by atomic mass is 32.1. The van der Waals surface area contributed by atoms with Gasteiger partial charge in [0.1, 0.15) is 67.6 Å². The van der Waals surface area contributed by atoms with Crippen LogP contribution in [0.2, 0.25) is 0 Å². The molecule has 1 amide bonds. The van der Waals surface area contributed by atoms with Gasteiger partial charge in [-0.05, 0) is 54.6 Å². The van der Waals surface area contributed by atoms with Crippen molar-refractivity contribution in [3.05, 3.63) is 81.8 Å². The van der Waals surface area contributed by atoms with Crippen molar-refractivity contribution in [3.8, 4) is 46.2 Å². The van der Waals surface area contributed by atoms with Crippen LogP contribution in [0.15, 0.2) is 72.1 Å². The largest absolute Gasteiger partial charge is 0.497 e. The molecule has 0 atom stereocenters. The third-order valence-electron chi connectivity index (χ3n) is 5.99. The van der Waals surface area contributed by atoms with E-state index in [0.717, 1.165) is 28.7 Å². The van der Waals surface area contributed by atoms with Gasteiger partial charge in [-0.3, -0.25) is 20.9 Å². The number of carboxylic acid groups (broad SMARTS) is 3. The Morgan fingerprint density at radius 1 is 0.741 bits per heavy atom. The molecule has 0 bridgehead atoms. The lowest BCUT2D eigenvalue weighted by Gasteiger charge is -2.01. The lowest BCUT2D eigenvalue weighted by Crippen LogP contribution is -2.22. The summed E-state index contributed by atoms with van der Waals surface area (Å²) in [6, 6.07) is 18.3. The number of thiazole rings is 2. The first-order valence-electron chi connectivity index (χ1n) is 14.0. The molecular formula is C33H32N10O9S2. The maximum absolute atomic E-state index is 11.9. The first-order valence-corrected chi connectivity index (χ1v) is 15.7. The Morgan fingerprint density at radius 3 is 1.54 bits per heavy atom. The van der Waals surface area contributed by atoms with Crippen LogP contribution in [0.1, 0.15) is 17.2 Å². The van der Waals surface area contributed by atoms with Crippen LogP contribution in [0.5, 0.6) is 11.5 Å². The summed E-state index contributed by atoms with van der Waals surface area (Å²) in [4.78, 5) is 51.6. The van der Waals surface area contributed by atoms with E-state index in [4.69, 9.17) is 58.1 Å². The summed E-state index contributed by atoms with van der Waals surface area (Å²) in [5, 5.41) is 60.1. The Hall–Kier alpha value is -7.62. The second-order valence-electron chi connectivity index (χ2n) is 9.50. The van der Waals surface area contributed by atoms with E-state index >= 15 is 0 Å². The number of amides is 1. The van der Waals surface area contributed by atoms with E-state index in [1.807, 2.05) is 30.3 Å². The smallest absolute Gasteiger partial charge is 0.353 e. The molecule has 21 heteroatoms. The van der Waals surface area contributed by atoms with Gasteiger partial charge in [-0.25, -0.2) is 24.4 Å². The standard InChI is InChI=1S/C16H13N5O4S.C11H9N3OS.C5H6N2O4.CH4/c1-25-9-4-2-8(3-5-9)13-12(7-17)26-16(20-13)21-14(22)10(18)6-11(19)15(23)24;1-15-8-4-2-7(3-5-8)10-9(6-12)16-11(13)14-10;6-2(4(8)9)1-3(7)5(10)11;/h2-6,18H,19H2,1H3,(H,23,24)(H,20,21,22);2-5H,1H3,(H2,13,14);1,6H,7H2,(H,8,9)(H,10,11);1H4/b11-6-,18-10?;;3-1-,6-2?;. The zero-order valence-corrected chi connectivity index (χ0v) is 29.0. The van der Waals surface area contributed by atoms with Gasteiger partial charge >= 0.3 is 17.9 Å². The Labute approximate surface area is 314 Å². The minimum Gasteiger partial charge on any atom is -0.497 e. The molecule has 12 N–H and O–H groups in total. The predicted molar refractivity (Wildman–Crippen MR) is 200 cm³/mol. The zero-order chi connectivity index (χ0) is 39.8. The molecule has 0 aliphatic carbocycles. The molecule has 2 aromatic heterocycles. The molecule has 0 radical (unpaired) electrons. The Kier molecular flexibility index (Phi) is 17.2. The van der Waals surface area contributed by atoms with Crippen molar-refractivity contribution in [1.29, 1.82) is 21.3 Å². The monoisotopic (exact) mass is 776 g/mol. The molecule has 19 nitrogen and oxygen atoms in total. The zero-order valence-electron chi connectivity index (χ0n) is 27.4. The summed E-state index contributed by atoms with van der Waals surface area (Å²) >= 11 is 2.13. The summed E-state index contributed by atoms with van der Waals surface area (Å²) in [5.74, 6) is -3.89. The fraction of sp³-hybridized carbons (Fsp3) is 0.0909. The third kappa shape index (κ3) is 12.9. The van der Waals surface area contributed by atoms with E-state index < -0.39 is 46.6 Å². The number of ether oxygens (including phenoxy) is 2. The first-order chi connectivity index (χ1) is 25.0. The number of rotatable bonds is 11. The summed E-state index contributed by atoms with van der Waals surface area (Å²) in [7, 11) is 3.14. The highest BCUT2D eigenvalue weighted by Gasteiger charge is 2.17. The molecule has 0 aliphatic rings. The summed E-state index contributed by atoms with van der Waals surface area (Å²) in [5.41, 5.74) is 15.3. The number of benzene rings is 2. The average Bonchev–Trinajstić information content (AvgIpc) is 3.74. The van der Waals surface area contributed by atoms with Gasteiger partial charge in [0, 0.05) is 17.2 Å². The van der Waals surface area contributed by atoms with Crippen LogP contribution in [0.4, 0.5) is 10.3 Å². The molecule has 0 fully saturated rings. The van der Waals surface area contributed by atoms with Gasteiger partial charge in [0.25, 0.3) is 5.91 Å². The van der Waals surface area contributed by atoms with Crippen molar-refractivity contribution < 1.29 is 44.0 Å². The van der Waals surface area contributed by atoms with Crippen molar-refractivity contribution in [2.75, 3.05) is 25.3 Å². The van der Waals surface area contributed by atoms with Crippen LogP contribution in [-0.4, -0.2) is 74.7 Å². The maximum atomic E-state index is 11.9. The van der Waals surface area contributed by atoms with Gasteiger partial charge in [0.05, 0.1) is 14.2 Å². The first kappa shape index (κ1) is 44.4. The molecule has 0 unspecified atom stereocenters. The van der Waals surface area contributed by atoms with Gasteiger partial charge in [-0.1, -0.05) is 30.1 Å². The predicted octanol–water partition coefficient (Wildman–Crippen LogP) is 3.50. The van der Waals surface area contributed by atoms with Gasteiger partial charge in [-0.2, -0.15) is 10.5 Å². The minimum absolute atomic E-state index is 0. The van der Waals surface area contributed by atoms with Crippen LogP contribution in [0.25, 0.3) is 22.5 Å². The second kappa shape index (κ2) is 20.9. The van der Waals surface area contributed by atoms with Gasteiger partial charge in [-0.15, -0.1) is 0 Å². The number of carbonyl (C=O) groups is 4. The van der Waals surface area contributed by atoms with E-state index in [1.54, 1.807) is 31.4 Å². The SMILES string of the molecule is C.COc1ccc(-c2nc(N)sc2C#N)cc1.COc1ccc(-c2nc(NC(=O)C(=N)/C=C(\N)C(=O)O)sc2C#N)cc1.N=C(/C=C(\N)C(=O)O)C(=O)O. The number of nitriles is 2. The molecule has 2 aromatic carbocycles. The number of nitrogens with two attached hydrogens (primary N) is 3. The molecule has 280 valence electrons. The minimum atomic E-state index is -1.52. The number of nitrogens with one attached hydrogen (secondary N) is 3. The third-order valence-corrected chi connectivity index (χ3v) is 7.65. The molecule has 4 aromatic rings. The molecular weight excluding hydrogens is 745 g/mol. The fourth-order valence-corrected chi connectivity index (χ4v) is 4.91. The van der Waals surface area contributed by atoms with Crippen LogP contribution in [0.3, 0.4) is 0 Å². The van der Waals surface area contributed by atoms with E-state index in [1.165, 1.54) is 18.4 Å². The molecule has 0 aliphatic heterocycles. The summed E-state index contributed by atoms with van der Waals surface area (Å²) < 4.78 is 10.1. The molecule has 0 saturated carbocycles. The van der Waals surface area contributed by atoms with Crippen molar-refractivity contribution >= 4 is 68.2 Å². The highest BCUT2D eigenvalue weighted by Crippen LogP contribution is 2.32. The van der Waals surface area contributed by atoms with Crippen molar-refractivity contribution in [1.82, 2.24) is 9.97 Å². The number of carbonyl (C=O) groups excluding carboxylic acids is 1. The quantitative estimate of drug-likeness (QED) is 0.0777. The normalized spacial score (nSPS) is 10.2. The summed E-state index contributed by atoms with van der Waals surface area (Å²) in [6.07, 6.45) is 1.28. The molecule has 54 heavy (non-hydrogen) atoms. The molecule has 4 rings (SSSR count). The maximum Gasteiger partial charge on any atom is 0.353 e. The number of nitrogen functional groups attached to an aromatic ring is 1. The lowest BCUT2D eigenvalue weighted by atomic mass is 10.1. The average molecular weight is 777 g/mol. The number of carboxylic acids is 3. The Bertz CT molecular complexity index is 2180. The summed E-state index contributed by atoms with van der Waals surface area (Å²) in [6.45, 7) is 0. The number of anilines is 2. The Balaban J connectivity index is 0.000000444. The van der Waals surface area contributed by atoms with Crippen LogP contribution < -0.4 is 32.0 Å². The van der Waals surface area contributed by atoms with Crippen LogP contribution >= 0.6 is 22.7 Å². The van der Waals surface area contributed by atoms with E-state index in [9.17, 15) is 24.4 Å². The number of hydrogen-bond donors (Lipinski definition) is 9. The lowest BCUT2D eigenvalue weighted by molar-refractivity contribution is -0.133. The molecule has 0 saturated heterocycles. The van der Waals surface area contributed by atoms with Gasteiger partial charge in [0.2, 0.25) is 0 Å².